The van der Waals surface area contributed by atoms with Crippen LogP contribution < -0.4 is 10.5 Å². The van der Waals surface area contributed by atoms with Gasteiger partial charge in [0.15, 0.2) is 5.17 Å². The lowest BCUT2D eigenvalue weighted by Crippen LogP contribution is -2.30. The number of benzene rings is 3. The van der Waals surface area contributed by atoms with Crippen LogP contribution in [0.4, 0.5) is 10.1 Å². The van der Waals surface area contributed by atoms with Crippen molar-refractivity contribution < 1.29 is 13.6 Å². The summed E-state index contributed by atoms with van der Waals surface area (Å²) in [6, 6.07) is 20.6. The van der Waals surface area contributed by atoms with E-state index in [1.54, 1.807) is 18.2 Å². The molecule has 2 heterocycles. The number of aliphatic imine (C=N–C) groups is 1. The molecular weight excluding hydrogens is 463 g/mol. The minimum absolute atomic E-state index is 0.284. The Hall–Kier alpha value is -3.97. The van der Waals surface area contributed by atoms with Crippen molar-refractivity contribution in [2.45, 2.75) is 19.6 Å². The van der Waals surface area contributed by atoms with E-state index in [-0.39, 0.29) is 17.4 Å². The maximum Gasteiger partial charge on any atom is 0.336 e. The third-order valence-electron chi connectivity index (χ3n) is 5.89. The number of rotatable bonds is 4. The molecule has 1 aliphatic heterocycles. The van der Waals surface area contributed by atoms with Gasteiger partial charge in [0.2, 0.25) is 0 Å². The van der Waals surface area contributed by atoms with Gasteiger partial charge in [-0.3, -0.25) is 9.69 Å². The number of aryl methyl sites for hydroxylation is 2. The molecule has 1 aromatic heterocycles. The highest BCUT2D eigenvalue weighted by Crippen LogP contribution is 2.32. The number of carbonyl (C=O) groups is 1. The van der Waals surface area contributed by atoms with Gasteiger partial charge in [-0.25, -0.2) is 14.2 Å². The van der Waals surface area contributed by atoms with E-state index >= 15 is 0 Å². The van der Waals surface area contributed by atoms with Crippen LogP contribution in [-0.2, 0) is 10.5 Å². The first kappa shape index (κ1) is 22.8. The molecule has 0 N–H and O–H groups in total. The Morgan fingerprint density at radius 1 is 1.00 bits per heavy atom. The van der Waals surface area contributed by atoms with Crippen LogP contribution in [0, 0.1) is 19.7 Å². The maximum absolute atomic E-state index is 13.6. The maximum atomic E-state index is 13.6. The van der Waals surface area contributed by atoms with Gasteiger partial charge in [0.1, 0.15) is 17.1 Å². The van der Waals surface area contributed by atoms with Gasteiger partial charge in [-0.2, -0.15) is 0 Å². The molecule has 5 nitrogen and oxygen atoms in total. The molecule has 0 saturated heterocycles. The minimum Gasteiger partial charge on any atom is -0.422 e. The first-order valence-electron chi connectivity index (χ1n) is 11.0. The molecule has 5 rings (SSSR count). The summed E-state index contributed by atoms with van der Waals surface area (Å²) in [5.41, 5.74) is 4.54. The zero-order chi connectivity index (χ0) is 24.5. The van der Waals surface area contributed by atoms with E-state index in [0.717, 1.165) is 27.6 Å². The average molecular weight is 485 g/mol. The van der Waals surface area contributed by atoms with E-state index in [1.807, 2.05) is 56.3 Å². The number of hydrogen-bond acceptors (Lipinski definition) is 5. The Kier molecular flexibility index (Phi) is 6.09. The molecule has 0 bridgehead atoms. The SMILES string of the molecule is Cc1ccc2c(CSC3=NC(=Cc4ccccc4)C(=O)N3c3ccc(F)cc3)cc(=O)oc2c1C. The van der Waals surface area contributed by atoms with Crippen LogP contribution in [0.5, 0.6) is 0 Å². The molecule has 3 aromatic carbocycles. The highest BCUT2D eigenvalue weighted by Gasteiger charge is 2.32. The van der Waals surface area contributed by atoms with E-state index in [4.69, 9.17) is 4.42 Å². The predicted octanol–water partition coefficient (Wildman–Crippen LogP) is 6.23. The number of amidine groups is 1. The van der Waals surface area contributed by atoms with Crippen molar-refractivity contribution in [3.8, 4) is 0 Å². The molecular formula is C28H21FN2O3S. The Labute approximate surface area is 205 Å². The Morgan fingerprint density at radius 2 is 1.74 bits per heavy atom. The normalized spacial score (nSPS) is 14.7. The van der Waals surface area contributed by atoms with E-state index < -0.39 is 5.63 Å². The molecule has 174 valence electrons. The first-order chi connectivity index (χ1) is 16.9. The van der Waals surface area contributed by atoms with Crippen molar-refractivity contribution in [3.05, 3.63) is 117 Å². The van der Waals surface area contributed by atoms with Gasteiger partial charge >= 0.3 is 5.63 Å². The van der Waals surface area contributed by atoms with E-state index in [9.17, 15) is 14.0 Å². The molecule has 0 atom stereocenters. The number of amides is 1. The second kappa shape index (κ2) is 9.35. The number of nitrogens with zero attached hydrogens (tertiary/aromatic N) is 2. The lowest BCUT2D eigenvalue weighted by molar-refractivity contribution is -0.113. The predicted molar refractivity (Wildman–Crippen MR) is 139 cm³/mol. The number of thioether (sulfide) groups is 1. The van der Waals surface area contributed by atoms with Crippen LogP contribution in [0.15, 0.2) is 92.7 Å². The molecule has 0 unspecified atom stereocenters. The zero-order valence-corrected chi connectivity index (χ0v) is 19.9. The topological polar surface area (TPSA) is 62.9 Å². The summed E-state index contributed by atoms with van der Waals surface area (Å²) in [6.45, 7) is 3.89. The van der Waals surface area contributed by atoms with E-state index in [0.29, 0.717) is 22.2 Å². The van der Waals surface area contributed by atoms with E-state index in [2.05, 4.69) is 4.99 Å². The Bertz CT molecular complexity index is 1560. The molecule has 0 spiro atoms. The van der Waals surface area contributed by atoms with Crippen molar-refractivity contribution in [1.82, 2.24) is 0 Å². The molecule has 4 aromatic rings. The summed E-state index contributed by atoms with van der Waals surface area (Å²) in [5, 5.41) is 1.30. The van der Waals surface area contributed by atoms with Crippen molar-refractivity contribution in [3.63, 3.8) is 0 Å². The molecule has 0 aliphatic carbocycles. The molecule has 1 aliphatic rings. The molecule has 7 heteroatoms. The summed E-state index contributed by atoms with van der Waals surface area (Å²) >= 11 is 1.34. The summed E-state index contributed by atoms with van der Waals surface area (Å²) in [6.07, 6.45) is 1.73. The fourth-order valence-electron chi connectivity index (χ4n) is 3.90. The van der Waals surface area contributed by atoms with Crippen LogP contribution >= 0.6 is 11.8 Å². The summed E-state index contributed by atoms with van der Waals surface area (Å²) in [7, 11) is 0. The van der Waals surface area contributed by atoms with Crippen LogP contribution in [0.1, 0.15) is 22.3 Å². The van der Waals surface area contributed by atoms with Crippen molar-refractivity contribution in [2.24, 2.45) is 4.99 Å². The third-order valence-corrected chi connectivity index (χ3v) is 6.88. The number of carbonyl (C=O) groups excluding carboxylic acids is 1. The summed E-state index contributed by atoms with van der Waals surface area (Å²) < 4.78 is 19.0. The molecule has 0 fully saturated rings. The molecule has 1 amide bonds. The second-order valence-corrected chi connectivity index (χ2v) is 9.16. The highest BCUT2D eigenvalue weighted by atomic mass is 32.2. The molecule has 0 saturated carbocycles. The summed E-state index contributed by atoms with van der Waals surface area (Å²) in [5.74, 6) is -0.292. The highest BCUT2D eigenvalue weighted by molar-refractivity contribution is 8.13. The first-order valence-corrected chi connectivity index (χ1v) is 12.0. The Morgan fingerprint density at radius 3 is 2.49 bits per heavy atom. The number of halogens is 1. The Balaban J connectivity index is 1.53. The largest absolute Gasteiger partial charge is 0.422 e. The van der Waals surface area contributed by atoms with Crippen molar-refractivity contribution in [1.29, 1.82) is 0 Å². The number of hydrogen-bond donors (Lipinski definition) is 0. The van der Waals surface area contributed by atoms with Crippen LogP contribution in [0.25, 0.3) is 17.0 Å². The van der Waals surface area contributed by atoms with Crippen LogP contribution in [0.3, 0.4) is 0 Å². The smallest absolute Gasteiger partial charge is 0.336 e. The van der Waals surface area contributed by atoms with Gasteiger partial charge in [0.05, 0.1) is 5.69 Å². The number of fused-ring (bicyclic) bond motifs is 1. The standard InChI is InChI=1S/C28H21FN2O3S/c1-17-8-13-23-20(15-25(32)34-26(23)18(17)2)16-35-28-30-24(14-19-6-4-3-5-7-19)27(33)31(28)22-11-9-21(29)10-12-22/h3-15H,16H2,1-2H3. The molecule has 0 radical (unpaired) electrons. The third kappa shape index (κ3) is 4.55. The zero-order valence-electron chi connectivity index (χ0n) is 19.1. The summed E-state index contributed by atoms with van der Waals surface area (Å²) in [4.78, 5) is 31.7. The average Bonchev–Trinajstić information content (AvgIpc) is 3.16. The minimum atomic E-state index is -0.425. The lowest BCUT2D eigenvalue weighted by atomic mass is 10.0. The quantitative estimate of drug-likeness (QED) is 0.255. The fourth-order valence-corrected chi connectivity index (χ4v) is 4.91. The molecule has 35 heavy (non-hydrogen) atoms. The second-order valence-electron chi connectivity index (χ2n) is 8.22. The van der Waals surface area contributed by atoms with Gasteiger partial charge in [-0.05, 0) is 66.4 Å². The van der Waals surface area contributed by atoms with E-state index in [1.165, 1.54) is 34.9 Å². The van der Waals surface area contributed by atoms with Crippen LogP contribution in [0.2, 0.25) is 0 Å². The lowest BCUT2D eigenvalue weighted by Gasteiger charge is -2.18. The van der Waals surface area contributed by atoms with Crippen LogP contribution in [-0.4, -0.2) is 11.1 Å². The van der Waals surface area contributed by atoms with Crippen molar-refractivity contribution in [2.75, 3.05) is 4.90 Å². The van der Waals surface area contributed by atoms with Gasteiger partial charge < -0.3 is 4.42 Å². The van der Waals surface area contributed by atoms with Gasteiger partial charge in [0, 0.05) is 17.2 Å². The van der Waals surface area contributed by atoms with Crippen molar-refractivity contribution >= 4 is 45.6 Å². The number of anilines is 1. The monoisotopic (exact) mass is 484 g/mol. The van der Waals surface area contributed by atoms with Gasteiger partial charge in [-0.1, -0.05) is 54.2 Å². The van der Waals surface area contributed by atoms with Gasteiger partial charge in [0.25, 0.3) is 5.91 Å². The van der Waals surface area contributed by atoms with Gasteiger partial charge in [-0.15, -0.1) is 0 Å². The fraction of sp³-hybridized carbons (Fsp3) is 0.107.